The van der Waals surface area contributed by atoms with Crippen molar-refractivity contribution in [2.75, 3.05) is 0 Å². The van der Waals surface area contributed by atoms with Crippen LogP contribution in [0.3, 0.4) is 0 Å². The molecule has 1 atom stereocenters. The van der Waals surface area contributed by atoms with Crippen LogP contribution >= 0.6 is 0 Å². The van der Waals surface area contributed by atoms with Gasteiger partial charge in [0.25, 0.3) is 0 Å². The van der Waals surface area contributed by atoms with E-state index in [-0.39, 0.29) is 6.10 Å². The van der Waals surface area contributed by atoms with Gasteiger partial charge in [-0.1, -0.05) is 30.3 Å². The van der Waals surface area contributed by atoms with Crippen LogP contribution in [0.4, 0.5) is 4.79 Å². The van der Waals surface area contributed by atoms with Gasteiger partial charge in [0.2, 0.25) is 0 Å². The summed E-state index contributed by atoms with van der Waals surface area (Å²) in [5, 5.41) is 2.58. The van der Waals surface area contributed by atoms with Crippen molar-refractivity contribution < 1.29 is 19.1 Å². The Morgan fingerprint density at radius 3 is 2.23 bits per heavy atom. The van der Waals surface area contributed by atoms with Gasteiger partial charge in [-0.3, -0.25) is 0 Å². The predicted molar refractivity (Wildman–Crippen MR) is 84.5 cm³/mol. The van der Waals surface area contributed by atoms with Crippen LogP contribution < -0.4 is 5.32 Å². The molecule has 0 bridgehead atoms. The topological polar surface area (TPSA) is 64.6 Å². The first-order valence-corrected chi connectivity index (χ1v) is 7.41. The summed E-state index contributed by atoms with van der Waals surface area (Å²) in [7, 11) is 0. The van der Waals surface area contributed by atoms with Crippen molar-refractivity contribution >= 4 is 12.1 Å². The molecule has 22 heavy (non-hydrogen) atoms. The maximum atomic E-state index is 12.3. The van der Waals surface area contributed by atoms with Crippen LogP contribution in [0.1, 0.15) is 40.2 Å². The number of amides is 1. The maximum absolute atomic E-state index is 12.3. The van der Waals surface area contributed by atoms with E-state index in [1.165, 1.54) is 0 Å². The Labute approximate surface area is 132 Å². The van der Waals surface area contributed by atoms with Gasteiger partial charge in [-0.05, 0) is 40.2 Å². The van der Waals surface area contributed by atoms with E-state index in [0.29, 0.717) is 6.42 Å². The van der Waals surface area contributed by atoms with Crippen LogP contribution in [0, 0.1) is 0 Å². The standard InChI is InChI=1S/C17H25NO4/c1-12(2)21-16(20)18-14(15(19)22-17(3,4)5)11-13-9-7-6-8-10-13/h6-10,12,14H,11H2,1-5H3,(H,18,20). The molecule has 0 aliphatic rings. The molecular formula is C17H25NO4. The Bertz CT molecular complexity index is 491. The number of carbonyl (C=O) groups excluding carboxylic acids is 2. The number of hydrogen-bond acceptors (Lipinski definition) is 4. The Morgan fingerprint density at radius 2 is 1.73 bits per heavy atom. The summed E-state index contributed by atoms with van der Waals surface area (Å²) >= 11 is 0. The van der Waals surface area contributed by atoms with Crippen molar-refractivity contribution in [1.82, 2.24) is 5.32 Å². The molecule has 122 valence electrons. The molecule has 0 saturated heterocycles. The van der Waals surface area contributed by atoms with Crippen molar-refractivity contribution in [1.29, 1.82) is 0 Å². The monoisotopic (exact) mass is 307 g/mol. The van der Waals surface area contributed by atoms with E-state index in [9.17, 15) is 9.59 Å². The minimum Gasteiger partial charge on any atom is -0.458 e. The van der Waals surface area contributed by atoms with E-state index in [1.54, 1.807) is 34.6 Å². The molecule has 1 N–H and O–H groups in total. The van der Waals surface area contributed by atoms with E-state index in [1.807, 2.05) is 30.3 Å². The molecule has 1 unspecified atom stereocenters. The molecule has 1 aromatic rings. The number of hydrogen-bond donors (Lipinski definition) is 1. The van der Waals surface area contributed by atoms with Gasteiger partial charge in [0.1, 0.15) is 11.6 Å². The molecule has 0 heterocycles. The number of ether oxygens (including phenoxy) is 2. The largest absolute Gasteiger partial charge is 0.458 e. The first kappa shape index (κ1) is 18.0. The number of alkyl carbamates (subject to hydrolysis) is 1. The van der Waals surface area contributed by atoms with Crippen LogP contribution in [-0.2, 0) is 20.7 Å². The van der Waals surface area contributed by atoms with Gasteiger partial charge in [-0.2, -0.15) is 0 Å². The number of esters is 1. The summed E-state index contributed by atoms with van der Waals surface area (Å²) in [6.45, 7) is 8.86. The fraction of sp³-hybridized carbons (Fsp3) is 0.529. The third-order valence-electron chi connectivity index (χ3n) is 2.61. The van der Waals surface area contributed by atoms with Crippen molar-refractivity contribution in [3.8, 4) is 0 Å². The van der Waals surface area contributed by atoms with Gasteiger partial charge in [0.15, 0.2) is 0 Å². The number of carbonyl (C=O) groups is 2. The summed E-state index contributed by atoms with van der Waals surface area (Å²) in [6, 6.07) is 8.67. The highest BCUT2D eigenvalue weighted by atomic mass is 16.6. The Hall–Kier alpha value is -2.04. The molecule has 1 amide bonds. The third-order valence-corrected chi connectivity index (χ3v) is 2.61. The van der Waals surface area contributed by atoms with Crippen LogP contribution in [0.5, 0.6) is 0 Å². The quantitative estimate of drug-likeness (QED) is 0.849. The lowest BCUT2D eigenvalue weighted by atomic mass is 10.1. The SMILES string of the molecule is CC(C)OC(=O)NC(Cc1ccccc1)C(=O)OC(C)(C)C. The first-order valence-electron chi connectivity index (χ1n) is 7.41. The normalized spacial score (nSPS) is 12.6. The van der Waals surface area contributed by atoms with Crippen molar-refractivity contribution in [3.05, 3.63) is 35.9 Å². The average Bonchev–Trinajstić information content (AvgIpc) is 2.36. The van der Waals surface area contributed by atoms with E-state index < -0.39 is 23.7 Å². The zero-order valence-corrected chi connectivity index (χ0v) is 13.9. The van der Waals surface area contributed by atoms with Crippen molar-refractivity contribution in [2.24, 2.45) is 0 Å². The van der Waals surface area contributed by atoms with Gasteiger partial charge >= 0.3 is 12.1 Å². The predicted octanol–water partition coefficient (Wildman–Crippen LogP) is 3.07. The lowest BCUT2D eigenvalue weighted by Crippen LogP contribution is -2.46. The maximum Gasteiger partial charge on any atom is 0.408 e. The summed E-state index contributed by atoms with van der Waals surface area (Å²) in [6.07, 6.45) is -0.527. The summed E-state index contributed by atoms with van der Waals surface area (Å²) < 4.78 is 10.4. The lowest BCUT2D eigenvalue weighted by molar-refractivity contribution is -0.157. The first-order chi connectivity index (χ1) is 10.2. The summed E-state index contributed by atoms with van der Waals surface area (Å²) in [5.74, 6) is -0.475. The van der Waals surface area contributed by atoms with Gasteiger partial charge in [-0.15, -0.1) is 0 Å². The van der Waals surface area contributed by atoms with E-state index in [0.717, 1.165) is 5.56 Å². The van der Waals surface area contributed by atoms with E-state index in [4.69, 9.17) is 9.47 Å². The molecule has 0 aliphatic heterocycles. The molecule has 0 aliphatic carbocycles. The second kappa shape index (κ2) is 7.82. The molecule has 0 fully saturated rings. The highest BCUT2D eigenvalue weighted by Crippen LogP contribution is 2.12. The molecule has 0 radical (unpaired) electrons. The molecule has 1 aromatic carbocycles. The van der Waals surface area contributed by atoms with E-state index >= 15 is 0 Å². The highest BCUT2D eigenvalue weighted by molar-refractivity contribution is 5.82. The Balaban J connectivity index is 2.80. The van der Waals surface area contributed by atoms with Gasteiger partial charge in [0, 0.05) is 6.42 Å². The van der Waals surface area contributed by atoms with Gasteiger partial charge in [0.05, 0.1) is 6.10 Å². The summed E-state index contributed by atoms with van der Waals surface area (Å²) in [4.78, 5) is 24.1. The Kier molecular flexibility index (Phi) is 6.40. The van der Waals surface area contributed by atoms with Crippen LogP contribution in [0.25, 0.3) is 0 Å². The Morgan fingerprint density at radius 1 is 1.14 bits per heavy atom. The van der Waals surface area contributed by atoms with Crippen molar-refractivity contribution in [2.45, 2.75) is 58.8 Å². The minimum absolute atomic E-state index is 0.254. The molecule has 0 saturated carbocycles. The van der Waals surface area contributed by atoms with Crippen molar-refractivity contribution in [3.63, 3.8) is 0 Å². The molecule has 5 heteroatoms. The molecule has 5 nitrogen and oxygen atoms in total. The van der Waals surface area contributed by atoms with E-state index in [2.05, 4.69) is 5.32 Å². The number of rotatable bonds is 5. The fourth-order valence-corrected chi connectivity index (χ4v) is 1.81. The summed E-state index contributed by atoms with van der Waals surface area (Å²) in [5.41, 5.74) is 0.318. The lowest BCUT2D eigenvalue weighted by Gasteiger charge is -2.24. The molecule has 0 spiro atoms. The second-order valence-electron chi connectivity index (χ2n) is 6.37. The zero-order valence-electron chi connectivity index (χ0n) is 13.9. The third kappa shape index (κ3) is 7.11. The fourth-order valence-electron chi connectivity index (χ4n) is 1.81. The van der Waals surface area contributed by atoms with Gasteiger partial charge < -0.3 is 14.8 Å². The molecule has 1 rings (SSSR count). The molecular weight excluding hydrogens is 282 g/mol. The van der Waals surface area contributed by atoms with Crippen LogP contribution in [0.15, 0.2) is 30.3 Å². The smallest absolute Gasteiger partial charge is 0.408 e. The van der Waals surface area contributed by atoms with Gasteiger partial charge in [-0.25, -0.2) is 9.59 Å². The second-order valence-corrected chi connectivity index (χ2v) is 6.37. The number of nitrogens with one attached hydrogen (secondary N) is 1. The van der Waals surface area contributed by atoms with Crippen LogP contribution in [0.2, 0.25) is 0 Å². The average molecular weight is 307 g/mol. The highest BCUT2D eigenvalue weighted by Gasteiger charge is 2.27. The molecule has 0 aromatic heterocycles. The zero-order chi connectivity index (χ0) is 16.8. The number of benzene rings is 1. The van der Waals surface area contributed by atoms with Crippen LogP contribution in [-0.4, -0.2) is 29.8 Å². The minimum atomic E-state index is -0.784.